The second kappa shape index (κ2) is 10.1. The zero-order valence-corrected chi connectivity index (χ0v) is 15.7. The summed E-state index contributed by atoms with van der Waals surface area (Å²) in [7, 11) is 0. The van der Waals surface area contributed by atoms with Crippen LogP contribution < -0.4 is 26.8 Å². The Morgan fingerprint density at radius 2 is 1.71 bits per heavy atom. The summed E-state index contributed by atoms with van der Waals surface area (Å²) in [4.78, 5) is 34.8. The summed E-state index contributed by atoms with van der Waals surface area (Å²) in [5.74, 6) is -0.649. The maximum Gasteiger partial charge on any atom is 0.251 e. The van der Waals surface area contributed by atoms with E-state index < -0.39 is 5.91 Å². The van der Waals surface area contributed by atoms with Crippen LogP contribution in [0.4, 0.5) is 5.69 Å². The molecule has 0 saturated heterocycles. The molecule has 28 heavy (non-hydrogen) atoms. The van der Waals surface area contributed by atoms with Crippen molar-refractivity contribution in [2.75, 3.05) is 18.4 Å². The molecule has 148 valence electrons. The Balaban J connectivity index is 2.16. The van der Waals surface area contributed by atoms with Crippen LogP contribution in [0.5, 0.6) is 5.75 Å². The summed E-state index contributed by atoms with van der Waals surface area (Å²) < 4.78 is 5.81. The molecule has 2 aromatic rings. The van der Waals surface area contributed by atoms with Crippen LogP contribution in [0.15, 0.2) is 42.5 Å². The first-order valence-electron chi connectivity index (χ1n) is 8.82. The third-order valence-corrected chi connectivity index (χ3v) is 3.85. The van der Waals surface area contributed by atoms with Crippen LogP contribution in [0, 0.1) is 0 Å². The standard InChI is InChI=1S/C20H24N4O4/c1-13(25)24-17-8-7-16(20(27)23-10-2-9-21)11-18(17)28-12-14-3-5-15(6-4-14)19(22)26/h3-8,11H,2,9-10,12,21H2,1H3,(H2,22,26)(H,23,27)(H,24,25). The third-order valence-electron chi connectivity index (χ3n) is 3.85. The van der Waals surface area contributed by atoms with Gasteiger partial charge in [-0.05, 0) is 48.9 Å². The monoisotopic (exact) mass is 384 g/mol. The molecule has 3 amide bonds. The molecule has 0 radical (unpaired) electrons. The van der Waals surface area contributed by atoms with Crippen molar-refractivity contribution < 1.29 is 19.1 Å². The van der Waals surface area contributed by atoms with Gasteiger partial charge in [0.2, 0.25) is 11.8 Å². The zero-order valence-electron chi connectivity index (χ0n) is 15.7. The van der Waals surface area contributed by atoms with E-state index in [9.17, 15) is 14.4 Å². The lowest BCUT2D eigenvalue weighted by molar-refractivity contribution is -0.114. The van der Waals surface area contributed by atoms with Gasteiger partial charge < -0.3 is 26.8 Å². The number of amides is 3. The van der Waals surface area contributed by atoms with Crippen molar-refractivity contribution in [3.8, 4) is 5.75 Å². The summed E-state index contributed by atoms with van der Waals surface area (Å²) in [6.45, 7) is 2.54. The topological polar surface area (TPSA) is 137 Å². The van der Waals surface area contributed by atoms with E-state index in [2.05, 4.69) is 10.6 Å². The molecular weight excluding hydrogens is 360 g/mol. The van der Waals surface area contributed by atoms with E-state index >= 15 is 0 Å². The highest BCUT2D eigenvalue weighted by atomic mass is 16.5. The average Bonchev–Trinajstić information content (AvgIpc) is 2.67. The van der Waals surface area contributed by atoms with E-state index in [-0.39, 0.29) is 18.4 Å². The van der Waals surface area contributed by atoms with Crippen LogP contribution in [-0.2, 0) is 11.4 Å². The fraction of sp³-hybridized carbons (Fsp3) is 0.250. The summed E-state index contributed by atoms with van der Waals surface area (Å²) in [5, 5.41) is 5.45. The molecule has 0 unspecified atom stereocenters. The lowest BCUT2D eigenvalue weighted by Crippen LogP contribution is -2.26. The SMILES string of the molecule is CC(=O)Nc1ccc(C(=O)NCCCN)cc1OCc1ccc(C(N)=O)cc1. The van der Waals surface area contributed by atoms with E-state index in [4.69, 9.17) is 16.2 Å². The molecule has 6 N–H and O–H groups in total. The van der Waals surface area contributed by atoms with Gasteiger partial charge in [-0.3, -0.25) is 14.4 Å². The Labute approximate surface area is 163 Å². The lowest BCUT2D eigenvalue weighted by Gasteiger charge is -2.14. The highest BCUT2D eigenvalue weighted by Crippen LogP contribution is 2.27. The van der Waals surface area contributed by atoms with E-state index in [1.165, 1.54) is 6.92 Å². The molecule has 0 heterocycles. The van der Waals surface area contributed by atoms with Crippen molar-refractivity contribution >= 4 is 23.4 Å². The first kappa shape index (κ1) is 20.9. The molecular formula is C20H24N4O4. The van der Waals surface area contributed by atoms with Crippen molar-refractivity contribution in [3.05, 3.63) is 59.2 Å². The normalized spacial score (nSPS) is 10.2. The minimum atomic E-state index is -0.506. The van der Waals surface area contributed by atoms with Gasteiger partial charge in [-0.15, -0.1) is 0 Å². The van der Waals surface area contributed by atoms with E-state index in [0.717, 1.165) is 5.56 Å². The van der Waals surface area contributed by atoms with Gasteiger partial charge in [0, 0.05) is 24.6 Å². The van der Waals surface area contributed by atoms with Crippen LogP contribution in [0.1, 0.15) is 39.6 Å². The molecule has 2 aromatic carbocycles. The number of carbonyl (C=O) groups is 3. The number of carbonyl (C=O) groups excluding carboxylic acids is 3. The third kappa shape index (κ3) is 6.10. The summed E-state index contributed by atoms with van der Waals surface area (Å²) >= 11 is 0. The highest BCUT2D eigenvalue weighted by molar-refractivity contribution is 5.97. The Bertz CT molecular complexity index is 850. The predicted molar refractivity (Wildman–Crippen MR) is 106 cm³/mol. The molecule has 0 bridgehead atoms. The summed E-state index contributed by atoms with van der Waals surface area (Å²) in [6.07, 6.45) is 0.681. The Morgan fingerprint density at radius 1 is 1.04 bits per heavy atom. The number of anilines is 1. The summed E-state index contributed by atoms with van der Waals surface area (Å²) in [6, 6.07) is 11.5. The quantitative estimate of drug-likeness (QED) is 0.484. The van der Waals surface area contributed by atoms with Gasteiger partial charge in [-0.25, -0.2) is 0 Å². The van der Waals surface area contributed by atoms with Gasteiger partial charge in [0.15, 0.2) is 0 Å². The minimum Gasteiger partial charge on any atom is -0.487 e. The Kier molecular flexibility index (Phi) is 7.53. The number of benzene rings is 2. The molecule has 0 aliphatic carbocycles. The number of hydrogen-bond donors (Lipinski definition) is 4. The number of hydrogen-bond acceptors (Lipinski definition) is 5. The van der Waals surface area contributed by atoms with Crippen LogP contribution in [0.3, 0.4) is 0 Å². The largest absolute Gasteiger partial charge is 0.487 e. The Morgan fingerprint density at radius 3 is 2.32 bits per heavy atom. The minimum absolute atomic E-state index is 0.184. The first-order valence-corrected chi connectivity index (χ1v) is 8.82. The Hall–Kier alpha value is -3.39. The van der Waals surface area contributed by atoms with Crippen molar-refractivity contribution in [3.63, 3.8) is 0 Å². The van der Waals surface area contributed by atoms with E-state index in [1.807, 2.05) is 0 Å². The van der Waals surface area contributed by atoms with E-state index in [0.29, 0.717) is 42.1 Å². The molecule has 8 nitrogen and oxygen atoms in total. The second-order valence-corrected chi connectivity index (χ2v) is 6.14. The molecule has 0 spiro atoms. The summed E-state index contributed by atoms with van der Waals surface area (Å²) in [5.41, 5.74) is 12.7. The number of nitrogens with one attached hydrogen (secondary N) is 2. The van der Waals surface area contributed by atoms with Crippen LogP contribution in [-0.4, -0.2) is 30.8 Å². The molecule has 0 fully saturated rings. The molecule has 0 atom stereocenters. The fourth-order valence-corrected chi connectivity index (χ4v) is 2.41. The van der Waals surface area contributed by atoms with Gasteiger partial charge in [0.1, 0.15) is 12.4 Å². The maximum atomic E-state index is 12.2. The predicted octanol–water partition coefficient (Wildman–Crippen LogP) is 1.40. The van der Waals surface area contributed by atoms with Gasteiger partial charge in [-0.2, -0.15) is 0 Å². The number of rotatable bonds is 9. The van der Waals surface area contributed by atoms with E-state index in [1.54, 1.807) is 42.5 Å². The van der Waals surface area contributed by atoms with Crippen molar-refractivity contribution in [2.24, 2.45) is 11.5 Å². The van der Waals surface area contributed by atoms with Gasteiger partial charge in [-0.1, -0.05) is 12.1 Å². The zero-order chi connectivity index (χ0) is 20.5. The molecule has 0 aromatic heterocycles. The van der Waals surface area contributed by atoms with Crippen molar-refractivity contribution in [1.82, 2.24) is 5.32 Å². The molecule has 2 rings (SSSR count). The fourth-order valence-electron chi connectivity index (χ4n) is 2.41. The second-order valence-electron chi connectivity index (χ2n) is 6.14. The molecule has 8 heteroatoms. The van der Waals surface area contributed by atoms with Gasteiger partial charge >= 0.3 is 0 Å². The van der Waals surface area contributed by atoms with Gasteiger partial charge in [0.25, 0.3) is 5.91 Å². The average molecular weight is 384 g/mol. The number of primary amides is 1. The van der Waals surface area contributed by atoms with Gasteiger partial charge in [0.05, 0.1) is 5.69 Å². The molecule has 0 saturated carbocycles. The van der Waals surface area contributed by atoms with Crippen LogP contribution >= 0.6 is 0 Å². The first-order chi connectivity index (χ1) is 13.4. The molecule has 0 aliphatic heterocycles. The molecule has 0 aliphatic rings. The van der Waals surface area contributed by atoms with Crippen LogP contribution in [0.2, 0.25) is 0 Å². The highest BCUT2D eigenvalue weighted by Gasteiger charge is 2.12. The number of nitrogens with two attached hydrogens (primary N) is 2. The van der Waals surface area contributed by atoms with Crippen molar-refractivity contribution in [1.29, 1.82) is 0 Å². The smallest absolute Gasteiger partial charge is 0.251 e. The van der Waals surface area contributed by atoms with Crippen molar-refractivity contribution in [2.45, 2.75) is 20.0 Å². The number of ether oxygens (including phenoxy) is 1. The maximum absolute atomic E-state index is 12.2. The lowest BCUT2D eigenvalue weighted by atomic mass is 10.1. The van der Waals surface area contributed by atoms with Crippen LogP contribution in [0.25, 0.3) is 0 Å².